The van der Waals surface area contributed by atoms with Crippen molar-refractivity contribution >= 4 is 23.2 Å². The van der Waals surface area contributed by atoms with Gasteiger partial charge in [-0.1, -0.05) is 52.8 Å². The number of ether oxygens (including phenoxy) is 1. The van der Waals surface area contributed by atoms with Crippen LogP contribution in [0.25, 0.3) is 0 Å². The lowest BCUT2D eigenvalue weighted by Crippen LogP contribution is -2.45. The molecular weight excluding hydrogens is 440 g/mol. The van der Waals surface area contributed by atoms with Crippen molar-refractivity contribution in [3.63, 3.8) is 0 Å². The van der Waals surface area contributed by atoms with Gasteiger partial charge in [-0.25, -0.2) is 0 Å². The molecule has 0 aliphatic carbocycles. The van der Waals surface area contributed by atoms with Gasteiger partial charge in [-0.3, -0.25) is 19.9 Å². The van der Waals surface area contributed by atoms with Crippen LogP contribution in [0.4, 0.5) is 5.69 Å². The van der Waals surface area contributed by atoms with Crippen molar-refractivity contribution in [3.05, 3.63) is 52.6 Å². The summed E-state index contributed by atoms with van der Waals surface area (Å²) in [6, 6.07) is 5.16. The highest BCUT2D eigenvalue weighted by molar-refractivity contribution is 6.07. The molecule has 0 aliphatic rings. The van der Waals surface area contributed by atoms with E-state index >= 15 is 0 Å². The third-order valence-corrected chi connectivity index (χ3v) is 5.62. The van der Waals surface area contributed by atoms with Crippen molar-refractivity contribution < 1.29 is 19.4 Å². The fourth-order valence-corrected chi connectivity index (χ4v) is 3.46. The molecule has 6 heteroatoms. The molecule has 2 N–H and O–H groups in total. The van der Waals surface area contributed by atoms with E-state index < -0.39 is 18.1 Å². The van der Waals surface area contributed by atoms with Crippen LogP contribution >= 0.6 is 0 Å². The number of aliphatic hydroxyl groups is 1. The van der Waals surface area contributed by atoms with Crippen molar-refractivity contribution in [2.24, 2.45) is 16.8 Å². The first kappa shape index (κ1) is 30.5. The summed E-state index contributed by atoms with van der Waals surface area (Å²) >= 11 is 0. The molecule has 0 bridgehead atoms. The molecular formula is C29H44N2O4. The molecule has 1 aromatic rings. The lowest BCUT2D eigenvalue weighted by molar-refractivity contribution is -0.150. The van der Waals surface area contributed by atoms with Crippen LogP contribution in [0.5, 0.6) is 0 Å². The first-order chi connectivity index (χ1) is 16.4. The van der Waals surface area contributed by atoms with E-state index in [2.05, 4.69) is 19.2 Å². The molecule has 0 fully saturated rings. The molecule has 1 rings (SSSR count). The Morgan fingerprint density at radius 2 is 1.83 bits per heavy atom. The molecule has 35 heavy (non-hydrogen) atoms. The van der Waals surface area contributed by atoms with Crippen LogP contribution in [-0.2, 0) is 20.9 Å². The standard InChI is InChI=1S/C29H44N2O4/c1-10-24(14-21(8)26(33)11-2)27(19(5)6)31-25-15-23(13-12-20(25)7)16-30-28(22(9)32)29(34)35-17-18(3)4/h10,12-15,18-19,22,28,30,32H,11,16-17H2,1-9H3/b21-14-,24-10+,31-27?/t22?,28-/m0/s1. The van der Waals surface area contributed by atoms with Crippen molar-refractivity contribution in [1.29, 1.82) is 0 Å². The molecule has 0 aliphatic heterocycles. The van der Waals surface area contributed by atoms with Gasteiger partial charge in [-0.15, -0.1) is 0 Å². The SMILES string of the molecule is C/C=C(\C=C(\C)C(=O)CC)C(=Nc1cc(CN[C@H](C(=O)OCC(C)C)C(C)O)ccc1C)C(C)C. The number of benzene rings is 1. The van der Waals surface area contributed by atoms with Gasteiger partial charge < -0.3 is 9.84 Å². The summed E-state index contributed by atoms with van der Waals surface area (Å²) in [5.74, 6) is 0.0412. The van der Waals surface area contributed by atoms with Gasteiger partial charge in [-0.05, 0) is 73.9 Å². The quantitative estimate of drug-likeness (QED) is 0.164. The first-order valence-electron chi connectivity index (χ1n) is 12.5. The lowest BCUT2D eigenvalue weighted by Gasteiger charge is -2.21. The summed E-state index contributed by atoms with van der Waals surface area (Å²) in [5.41, 5.74) is 5.35. The summed E-state index contributed by atoms with van der Waals surface area (Å²) in [4.78, 5) is 29.5. The van der Waals surface area contributed by atoms with E-state index in [1.54, 1.807) is 6.92 Å². The number of ketones is 1. The largest absolute Gasteiger partial charge is 0.464 e. The van der Waals surface area contributed by atoms with Crippen molar-refractivity contribution in [2.45, 2.75) is 87.4 Å². The molecule has 1 unspecified atom stereocenters. The maximum absolute atomic E-state index is 12.4. The molecule has 0 amide bonds. The third-order valence-electron chi connectivity index (χ3n) is 5.62. The summed E-state index contributed by atoms with van der Waals surface area (Å²) in [6.07, 6.45) is 3.49. The van der Waals surface area contributed by atoms with Crippen LogP contribution in [-0.4, -0.2) is 41.3 Å². The van der Waals surface area contributed by atoms with E-state index in [4.69, 9.17) is 9.73 Å². The smallest absolute Gasteiger partial charge is 0.325 e. The highest BCUT2D eigenvalue weighted by atomic mass is 16.5. The molecule has 1 aromatic carbocycles. The van der Waals surface area contributed by atoms with E-state index in [-0.39, 0.29) is 17.6 Å². The van der Waals surface area contributed by atoms with Gasteiger partial charge in [0.2, 0.25) is 0 Å². The molecule has 2 atom stereocenters. The van der Waals surface area contributed by atoms with Crippen molar-refractivity contribution in [2.75, 3.05) is 6.61 Å². The predicted molar refractivity (Wildman–Crippen MR) is 144 cm³/mol. The van der Waals surface area contributed by atoms with Crippen LogP contribution in [0.3, 0.4) is 0 Å². The topological polar surface area (TPSA) is 88.0 Å². The molecule has 6 nitrogen and oxygen atoms in total. The first-order valence-corrected chi connectivity index (χ1v) is 12.5. The molecule has 0 saturated heterocycles. The van der Waals surface area contributed by atoms with E-state index in [0.717, 1.165) is 33.7 Å². The van der Waals surface area contributed by atoms with Gasteiger partial charge in [-0.2, -0.15) is 0 Å². The molecule has 0 heterocycles. The zero-order chi connectivity index (χ0) is 26.7. The van der Waals surface area contributed by atoms with Gasteiger partial charge in [0.25, 0.3) is 0 Å². The minimum absolute atomic E-state index is 0.122. The van der Waals surface area contributed by atoms with E-state index in [1.165, 1.54) is 0 Å². The van der Waals surface area contributed by atoms with Gasteiger partial charge >= 0.3 is 5.97 Å². The second kappa shape index (κ2) is 14.7. The highest BCUT2D eigenvalue weighted by Crippen LogP contribution is 2.24. The average Bonchev–Trinajstić information content (AvgIpc) is 2.80. The predicted octanol–water partition coefficient (Wildman–Crippen LogP) is 5.63. The van der Waals surface area contributed by atoms with Crippen LogP contribution < -0.4 is 5.32 Å². The monoisotopic (exact) mass is 484 g/mol. The number of esters is 1. The minimum Gasteiger partial charge on any atom is -0.464 e. The van der Waals surface area contributed by atoms with Crippen LogP contribution in [0.15, 0.2) is 46.5 Å². The molecule has 0 radical (unpaired) electrons. The zero-order valence-corrected chi connectivity index (χ0v) is 22.9. The minimum atomic E-state index is -0.886. The molecule has 194 valence electrons. The number of aryl methyl sites for hydroxylation is 1. The van der Waals surface area contributed by atoms with Crippen LogP contribution in [0.2, 0.25) is 0 Å². The number of aliphatic hydroxyl groups excluding tert-OH is 1. The summed E-state index contributed by atoms with van der Waals surface area (Å²) < 4.78 is 5.31. The Labute approximate surface area is 211 Å². The van der Waals surface area contributed by atoms with Gasteiger partial charge in [0, 0.05) is 13.0 Å². The Balaban J connectivity index is 3.22. The number of carbonyl (C=O) groups is 2. The number of carbonyl (C=O) groups excluding carboxylic acids is 2. The number of nitrogens with zero attached hydrogens (tertiary/aromatic N) is 1. The number of hydrogen-bond donors (Lipinski definition) is 2. The van der Waals surface area contributed by atoms with Crippen LogP contribution in [0.1, 0.15) is 72.9 Å². The van der Waals surface area contributed by atoms with Crippen molar-refractivity contribution in [3.8, 4) is 0 Å². The van der Waals surface area contributed by atoms with Crippen LogP contribution in [0, 0.1) is 18.8 Å². The van der Waals surface area contributed by atoms with Gasteiger partial charge in [0.05, 0.1) is 24.1 Å². The van der Waals surface area contributed by atoms with E-state index in [0.29, 0.717) is 19.6 Å². The Morgan fingerprint density at radius 1 is 1.17 bits per heavy atom. The second-order valence-electron chi connectivity index (χ2n) is 9.74. The molecule has 0 spiro atoms. The number of allylic oxidation sites excluding steroid dienone is 4. The fraction of sp³-hybridized carbons (Fsp3) is 0.552. The molecule has 0 saturated carbocycles. The number of aliphatic imine (C=N–C) groups is 1. The Hall–Kier alpha value is -2.57. The normalized spacial score (nSPS) is 14.9. The number of Topliss-reactive ketones (excluding diaryl/α,β-unsaturated/α-hetero) is 1. The molecule has 0 aromatic heterocycles. The fourth-order valence-electron chi connectivity index (χ4n) is 3.46. The zero-order valence-electron chi connectivity index (χ0n) is 22.9. The summed E-state index contributed by atoms with van der Waals surface area (Å²) in [7, 11) is 0. The maximum Gasteiger partial charge on any atom is 0.325 e. The van der Waals surface area contributed by atoms with Crippen molar-refractivity contribution in [1.82, 2.24) is 5.32 Å². The average molecular weight is 485 g/mol. The third kappa shape index (κ3) is 9.90. The van der Waals surface area contributed by atoms with Gasteiger partial charge in [0.15, 0.2) is 5.78 Å². The summed E-state index contributed by atoms with van der Waals surface area (Å²) in [6.45, 7) is 18.0. The maximum atomic E-state index is 12.4. The van der Waals surface area contributed by atoms with Gasteiger partial charge in [0.1, 0.15) is 6.04 Å². The Kier molecular flexibility index (Phi) is 12.8. The number of hydrogen-bond acceptors (Lipinski definition) is 6. The Morgan fingerprint density at radius 3 is 2.34 bits per heavy atom. The van der Waals surface area contributed by atoms with E-state index in [1.807, 2.05) is 71.9 Å². The number of rotatable bonds is 13. The second-order valence-corrected chi connectivity index (χ2v) is 9.74. The number of nitrogens with one attached hydrogen (secondary N) is 1. The summed E-state index contributed by atoms with van der Waals surface area (Å²) in [5, 5.41) is 13.2. The lowest BCUT2D eigenvalue weighted by atomic mass is 9.96. The van der Waals surface area contributed by atoms with E-state index in [9.17, 15) is 14.7 Å². The highest BCUT2D eigenvalue weighted by Gasteiger charge is 2.25. The Bertz CT molecular complexity index is 955.